The Labute approximate surface area is 146 Å². The highest BCUT2D eigenvalue weighted by atomic mass is 16.5. The first kappa shape index (κ1) is 20.2. The molecule has 1 rings (SSSR count). The first-order valence-electron chi connectivity index (χ1n) is 9.14. The summed E-state index contributed by atoms with van der Waals surface area (Å²) in [7, 11) is 0. The molecule has 1 aromatic rings. The van der Waals surface area contributed by atoms with E-state index in [-0.39, 0.29) is 11.9 Å². The molecule has 0 aliphatic rings. The van der Waals surface area contributed by atoms with Crippen LogP contribution in [0.15, 0.2) is 24.3 Å². The van der Waals surface area contributed by atoms with Crippen LogP contribution >= 0.6 is 0 Å². The van der Waals surface area contributed by atoms with E-state index < -0.39 is 6.04 Å². The van der Waals surface area contributed by atoms with Gasteiger partial charge in [-0.2, -0.15) is 0 Å². The Morgan fingerprint density at radius 3 is 2.29 bits per heavy atom. The SMILES string of the molecule is CCCCCCOC(=O)[C@H](C)NC(=O)c1ccc(CCCC)cc1. The molecule has 0 unspecified atom stereocenters. The molecule has 0 aliphatic carbocycles. The Morgan fingerprint density at radius 2 is 1.67 bits per heavy atom. The molecular formula is C20H31NO3. The highest BCUT2D eigenvalue weighted by Gasteiger charge is 2.17. The van der Waals surface area contributed by atoms with Gasteiger partial charge >= 0.3 is 5.97 Å². The van der Waals surface area contributed by atoms with Gasteiger partial charge in [0.2, 0.25) is 0 Å². The number of amides is 1. The second kappa shape index (κ2) is 11.7. The molecule has 1 N–H and O–H groups in total. The number of carbonyl (C=O) groups is 2. The van der Waals surface area contributed by atoms with Crippen molar-refractivity contribution >= 4 is 11.9 Å². The van der Waals surface area contributed by atoms with Gasteiger partial charge in [0.05, 0.1) is 6.61 Å². The van der Waals surface area contributed by atoms with Crippen LogP contribution in [0.2, 0.25) is 0 Å². The number of hydrogen-bond donors (Lipinski definition) is 1. The van der Waals surface area contributed by atoms with Crippen molar-refractivity contribution in [2.45, 2.75) is 71.8 Å². The lowest BCUT2D eigenvalue weighted by molar-refractivity contribution is -0.145. The van der Waals surface area contributed by atoms with E-state index in [1.807, 2.05) is 24.3 Å². The topological polar surface area (TPSA) is 55.4 Å². The van der Waals surface area contributed by atoms with Crippen molar-refractivity contribution in [2.24, 2.45) is 0 Å². The van der Waals surface area contributed by atoms with Gasteiger partial charge in [-0.25, -0.2) is 4.79 Å². The molecule has 0 radical (unpaired) electrons. The highest BCUT2D eigenvalue weighted by molar-refractivity contribution is 5.96. The second-order valence-electron chi connectivity index (χ2n) is 6.22. The molecule has 0 spiro atoms. The highest BCUT2D eigenvalue weighted by Crippen LogP contribution is 2.08. The van der Waals surface area contributed by atoms with E-state index in [0.717, 1.165) is 44.9 Å². The Hall–Kier alpha value is -1.84. The number of unbranched alkanes of at least 4 members (excludes halogenated alkanes) is 4. The Bertz CT molecular complexity index is 496. The van der Waals surface area contributed by atoms with Gasteiger partial charge in [-0.15, -0.1) is 0 Å². The van der Waals surface area contributed by atoms with Crippen molar-refractivity contribution in [1.29, 1.82) is 0 Å². The summed E-state index contributed by atoms with van der Waals surface area (Å²) in [5.74, 6) is -0.619. The van der Waals surface area contributed by atoms with E-state index in [2.05, 4.69) is 19.2 Å². The molecule has 4 nitrogen and oxygen atoms in total. The number of ether oxygens (including phenoxy) is 1. The minimum absolute atomic E-state index is 0.243. The molecule has 134 valence electrons. The Kier molecular flexibility index (Phi) is 9.81. The fraction of sp³-hybridized carbons (Fsp3) is 0.600. The molecule has 4 heteroatoms. The summed E-state index contributed by atoms with van der Waals surface area (Å²) >= 11 is 0. The Morgan fingerprint density at radius 1 is 1.00 bits per heavy atom. The van der Waals surface area contributed by atoms with Crippen molar-refractivity contribution in [2.75, 3.05) is 6.61 Å². The largest absolute Gasteiger partial charge is 0.464 e. The maximum atomic E-state index is 12.2. The maximum absolute atomic E-state index is 12.2. The van der Waals surface area contributed by atoms with Gasteiger partial charge in [0, 0.05) is 5.56 Å². The molecule has 0 bridgehead atoms. The molecule has 0 fully saturated rings. The van der Waals surface area contributed by atoms with E-state index in [9.17, 15) is 9.59 Å². The van der Waals surface area contributed by atoms with E-state index in [0.29, 0.717) is 12.2 Å². The van der Waals surface area contributed by atoms with Gasteiger partial charge < -0.3 is 10.1 Å². The summed E-state index contributed by atoms with van der Waals surface area (Å²) in [6, 6.07) is 6.93. The minimum Gasteiger partial charge on any atom is -0.464 e. The van der Waals surface area contributed by atoms with Crippen LogP contribution < -0.4 is 5.32 Å². The zero-order valence-electron chi connectivity index (χ0n) is 15.3. The number of nitrogens with one attached hydrogen (secondary N) is 1. The quantitative estimate of drug-likeness (QED) is 0.486. The van der Waals surface area contributed by atoms with Crippen LogP contribution in [-0.2, 0) is 16.0 Å². The summed E-state index contributed by atoms with van der Waals surface area (Å²) in [6.07, 6.45) is 7.57. The number of aryl methyl sites for hydroxylation is 1. The van der Waals surface area contributed by atoms with Crippen molar-refractivity contribution in [1.82, 2.24) is 5.32 Å². The van der Waals surface area contributed by atoms with Crippen LogP contribution in [0, 0.1) is 0 Å². The van der Waals surface area contributed by atoms with Gasteiger partial charge in [-0.1, -0.05) is 51.7 Å². The summed E-state index contributed by atoms with van der Waals surface area (Å²) in [5.41, 5.74) is 1.80. The summed E-state index contributed by atoms with van der Waals surface area (Å²) in [6.45, 7) is 6.37. The lowest BCUT2D eigenvalue weighted by Crippen LogP contribution is -2.39. The molecule has 0 saturated heterocycles. The number of carbonyl (C=O) groups excluding carboxylic acids is 2. The first-order chi connectivity index (χ1) is 11.6. The minimum atomic E-state index is -0.636. The predicted octanol–water partition coefficient (Wildman–Crippen LogP) is 4.27. The maximum Gasteiger partial charge on any atom is 0.328 e. The summed E-state index contributed by atoms with van der Waals surface area (Å²) < 4.78 is 5.20. The molecule has 0 heterocycles. The van der Waals surface area contributed by atoms with Crippen LogP contribution in [0.4, 0.5) is 0 Å². The molecule has 1 atom stereocenters. The molecule has 0 saturated carbocycles. The number of hydrogen-bond acceptors (Lipinski definition) is 3. The second-order valence-corrected chi connectivity index (χ2v) is 6.22. The molecule has 1 aromatic carbocycles. The fourth-order valence-corrected chi connectivity index (χ4v) is 2.37. The number of esters is 1. The molecule has 0 aromatic heterocycles. The molecular weight excluding hydrogens is 302 g/mol. The number of benzene rings is 1. The van der Waals surface area contributed by atoms with Crippen LogP contribution in [0.3, 0.4) is 0 Å². The van der Waals surface area contributed by atoms with Crippen LogP contribution in [0.25, 0.3) is 0 Å². The normalized spacial score (nSPS) is 11.8. The zero-order valence-corrected chi connectivity index (χ0v) is 15.3. The van der Waals surface area contributed by atoms with Gasteiger partial charge in [-0.3, -0.25) is 4.79 Å². The van der Waals surface area contributed by atoms with Crippen molar-refractivity contribution in [3.05, 3.63) is 35.4 Å². The summed E-state index contributed by atoms with van der Waals surface area (Å²) in [4.78, 5) is 24.1. The average Bonchev–Trinajstić information content (AvgIpc) is 2.59. The zero-order chi connectivity index (χ0) is 17.8. The van der Waals surface area contributed by atoms with E-state index >= 15 is 0 Å². The van der Waals surface area contributed by atoms with Crippen LogP contribution in [-0.4, -0.2) is 24.5 Å². The van der Waals surface area contributed by atoms with Gasteiger partial charge in [0.1, 0.15) is 6.04 Å². The lowest BCUT2D eigenvalue weighted by atomic mass is 10.1. The number of rotatable bonds is 11. The smallest absolute Gasteiger partial charge is 0.328 e. The molecule has 24 heavy (non-hydrogen) atoms. The lowest BCUT2D eigenvalue weighted by Gasteiger charge is -2.13. The monoisotopic (exact) mass is 333 g/mol. The standard InChI is InChI=1S/C20H31NO3/c1-4-6-8-9-15-24-20(23)16(3)21-19(22)18-13-11-17(12-14-18)10-7-5-2/h11-14,16H,4-10,15H2,1-3H3,(H,21,22)/t16-/m0/s1. The average molecular weight is 333 g/mol. The third-order valence-electron chi connectivity index (χ3n) is 3.98. The van der Waals surface area contributed by atoms with E-state index in [4.69, 9.17) is 4.74 Å². The van der Waals surface area contributed by atoms with Gasteiger partial charge in [0.25, 0.3) is 5.91 Å². The first-order valence-corrected chi connectivity index (χ1v) is 9.14. The van der Waals surface area contributed by atoms with Crippen molar-refractivity contribution in [3.63, 3.8) is 0 Å². The van der Waals surface area contributed by atoms with E-state index in [1.165, 1.54) is 5.56 Å². The van der Waals surface area contributed by atoms with Crippen molar-refractivity contribution < 1.29 is 14.3 Å². The van der Waals surface area contributed by atoms with Crippen LogP contribution in [0.5, 0.6) is 0 Å². The predicted molar refractivity (Wildman–Crippen MR) is 97.1 cm³/mol. The third-order valence-corrected chi connectivity index (χ3v) is 3.98. The fourth-order valence-electron chi connectivity index (χ4n) is 2.37. The van der Waals surface area contributed by atoms with E-state index in [1.54, 1.807) is 6.92 Å². The molecule has 1 amide bonds. The Balaban J connectivity index is 2.38. The van der Waals surface area contributed by atoms with Gasteiger partial charge in [-0.05, 0) is 43.9 Å². The third kappa shape index (κ3) is 7.62. The van der Waals surface area contributed by atoms with Crippen LogP contribution in [0.1, 0.15) is 75.2 Å². The molecule has 0 aliphatic heterocycles. The van der Waals surface area contributed by atoms with Gasteiger partial charge in [0.15, 0.2) is 0 Å². The van der Waals surface area contributed by atoms with Crippen molar-refractivity contribution in [3.8, 4) is 0 Å². The summed E-state index contributed by atoms with van der Waals surface area (Å²) in [5, 5.41) is 2.70.